The van der Waals surface area contributed by atoms with Gasteiger partial charge in [0.25, 0.3) is 5.91 Å². The number of aryl methyl sites for hydroxylation is 4. The van der Waals surface area contributed by atoms with E-state index in [4.69, 9.17) is 9.47 Å². The number of benzene rings is 2. The number of carbonyl (C=O) groups is 2. The lowest BCUT2D eigenvalue weighted by molar-refractivity contribution is -0.116. The average molecular weight is 713 g/mol. The van der Waals surface area contributed by atoms with Crippen LogP contribution in [0.4, 0.5) is 5.69 Å². The van der Waals surface area contributed by atoms with Crippen molar-refractivity contribution in [3.63, 3.8) is 0 Å². The fourth-order valence-corrected chi connectivity index (χ4v) is 10.8. The Hall–Kier alpha value is -3.76. The van der Waals surface area contributed by atoms with E-state index in [2.05, 4.69) is 51.6 Å². The Kier molecular flexibility index (Phi) is 10.5. The van der Waals surface area contributed by atoms with E-state index in [1.165, 1.54) is 16.7 Å². The van der Waals surface area contributed by atoms with Crippen LogP contribution >= 0.6 is 0 Å². The van der Waals surface area contributed by atoms with E-state index in [0.717, 1.165) is 62.3 Å². The summed E-state index contributed by atoms with van der Waals surface area (Å²) >= 11 is 0. The summed E-state index contributed by atoms with van der Waals surface area (Å²) in [5.74, 6) is 0.805. The second-order valence-corrected chi connectivity index (χ2v) is 17.5. The number of anilines is 1. The van der Waals surface area contributed by atoms with Gasteiger partial charge in [-0.25, -0.2) is 4.21 Å². The number of hydrogen-bond donors (Lipinski definition) is 0. The van der Waals surface area contributed by atoms with Gasteiger partial charge in [0.2, 0.25) is 0 Å². The Labute approximate surface area is 303 Å². The molecule has 7 rings (SSSR count). The van der Waals surface area contributed by atoms with Gasteiger partial charge in [-0.1, -0.05) is 35.9 Å². The van der Waals surface area contributed by atoms with Gasteiger partial charge in [0.15, 0.2) is 0 Å². The fraction of sp³-hybridized carbons (Fsp3) is 0.537. The first kappa shape index (κ1) is 35.6. The molecule has 2 bridgehead atoms. The molecular formula is C41H52N4O5S. The van der Waals surface area contributed by atoms with E-state index in [-0.39, 0.29) is 35.2 Å². The Morgan fingerprint density at radius 2 is 2.02 bits per heavy atom. The Morgan fingerprint density at radius 3 is 2.82 bits per heavy atom. The Morgan fingerprint density at radius 1 is 1.14 bits per heavy atom. The second-order valence-electron chi connectivity index (χ2n) is 15.1. The van der Waals surface area contributed by atoms with Crippen molar-refractivity contribution >= 4 is 27.1 Å². The molecular weight excluding hydrogens is 661 g/mol. The summed E-state index contributed by atoms with van der Waals surface area (Å²) in [6.45, 7) is 7.06. The number of nitrogens with zero attached hydrogens (tertiary/aromatic N) is 4. The summed E-state index contributed by atoms with van der Waals surface area (Å²) in [5, 5.41) is 4.30. The van der Waals surface area contributed by atoms with E-state index in [0.29, 0.717) is 49.8 Å². The van der Waals surface area contributed by atoms with Gasteiger partial charge in [-0.3, -0.25) is 14.3 Å². The molecule has 272 valence electrons. The number of rotatable bonds is 7. The van der Waals surface area contributed by atoms with Crippen molar-refractivity contribution in [1.82, 2.24) is 9.78 Å². The first-order valence-electron chi connectivity index (χ1n) is 18.8. The number of Topliss-reactive ketones (excluding diaryl/α,β-unsaturated/α-hetero) is 1. The summed E-state index contributed by atoms with van der Waals surface area (Å²) in [5.41, 5.74) is 6.09. The predicted octanol–water partition coefficient (Wildman–Crippen LogP) is 6.89. The number of aromatic nitrogens is 2. The fourth-order valence-electron chi connectivity index (χ4n) is 8.80. The molecule has 0 saturated heterocycles. The van der Waals surface area contributed by atoms with Gasteiger partial charge in [-0.2, -0.15) is 9.46 Å². The van der Waals surface area contributed by atoms with Gasteiger partial charge >= 0.3 is 0 Å². The molecule has 0 N–H and O–H groups in total. The lowest BCUT2D eigenvalue weighted by Gasteiger charge is -2.46. The monoisotopic (exact) mass is 712 g/mol. The van der Waals surface area contributed by atoms with E-state index in [1.54, 1.807) is 19.4 Å². The molecule has 1 unspecified atom stereocenters. The van der Waals surface area contributed by atoms with E-state index < -0.39 is 15.6 Å². The van der Waals surface area contributed by atoms with Gasteiger partial charge in [-0.15, -0.1) is 0 Å². The predicted molar refractivity (Wildman–Crippen MR) is 201 cm³/mol. The lowest BCUT2D eigenvalue weighted by Crippen LogP contribution is -2.49. The molecule has 51 heavy (non-hydrogen) atoms. The number of fused-ring (bicyclic) bond motifs is 4. The highest BCUT2D eigenvalue weighted by molar-refractivity contribution is 7.94. The number of methoxy groups -OCH3 is 1. The molecule has 9 nitrogen and oxygen atoms in total. The van der Waals surface area contributed by atoms with Gasteiger partial charge in [-0.05, 0) is 112 Å². The second kappa shape index (κ2) is 15.1. The molecule has 1 fully saturated rings. The largest absolute Gasteiger partial charge is 0.490 e. The van der Waals surface area contributed by atoms with Crippen LogP contribution in [0.2, 0.25) is 0 Å². The van der Waals surface area contributed by atoms with Crippen LogP contribution in [0.3, 0.4) is 0 Å². The zero-order valence-corrected chi connectivity index (χ0v) is 31.2. The molecule has 1 amide bonds. The normalized spacial score (nSPS) is 28.4. The zero-order chi connectivity index (χ0) is 35.6. The minimum Gasteiger partial charge on any atom is -0.490 e. The smallest absolute Gasteiger partial charge is 0.285 e. The number of ether oxygens (including phenoxy) is 2. The van der Waals surface area contributed by atoms with Crippen LogP contribution in [0.1, 0.15) is 84.6 Å². The molecule has 2 aromatic carbocycles. The maximum absolute atomic E-state index is 14.4. The molecule has 1 spiro atoms. The van der Waals surface area contributed by atoms with Gasteiger partial charge in [0.05, 0.1) is 33.9 Å². The summed E-state index contributed by atoms with van der Waals surface area (Å²) in [4.78, 5) is 29.7. The van der Waals surface area contributed by atoms with Crippen molar-refractivity contribution in [2.45, 2.75) is 89.7 Å². The van der Waals surface area contributed by atoms with Crippen molar-refractivity contribution in [3.05, 3.63) is 88.8 Å². The van der Waals surface area contributed by atoms with Gasteiger partial charge in [0.1, 0.15) is 11.5 Å². The lowest BCUT2D eigenvalue weighted by atomic mass is 9.68. The van der Waals surface area contributed by atoms with Crippen molar-refractivity contribution < 1.29 is 23.3 Å². The Bertz CT molecular complexity index is 1930. The van der Waals surface area contributed by atoms with Crippen LogP contribution < -0.4 is 9.64 Å². The van der Waals surface area contributed by atoms with Crippen LogP contribution in [0, 0.1) is 18.8 Å². The van der Waals surface area contributed by atoms with Crippen molar-refractivity contribution in [3.8, 4) is 5.75 Å². The Balaban J connectivity index is 1.23. The summed E-state index contributed by atoms with van der Waals surface area (Å²) in [7, 11) is -1.37. The molecule has 2 aliphatic heterocycles. The number of ketones is 1. The zero-order valence-electron chi connectivity index (χ0n) is 30.4. The quantitative estimate of drug-likeness (QED) is 0.246. The molecule has 2 aliphatic carbocycles. The van der Waals surface area contributed by atoms with Crippen LogP contribution in [0.5, 0.6) is 5.75 Å². The molecule has 10 heteroatoms. The van der Waals surface area contributed by atoms with Gasteiger partial charge < -0.3 is 14.4 Å². The van der Waals surface area contributed by atoms with Crippen LogP contribution in [-0.4, -0.2) is 70.1 Å². The number of amides is 1. The standard InChI is InChI=1S/C41H52N4O5S/c1-4-45-33(19-21-42-45)14-15-34(46)26-51(48)22-7-5-6-10-38(49-3)35-16-12-32(35)25-44-27-41(20-8-9-30-23-29(2)11-17-36(30)41)28-50-39-18-13-31(24-37(39)44)40(47)43-51/h6,10-11,13,17-19,21,23-24,32,35,38H,4-5,7-9,12,14-16,20,22,25-28H2,1-3H3/b10-6+/t32-,35+,38-,41-,51?/m0/s1. The van der Waals surface area contributed by atoms with E-state index in [9.17, 15) is 13.8 Å². The third-order valence-electron chi connectivity index (χ3n) is 11.7. The van der Waals surface area contributed by atoms with Crippen LogP contribution in [0.15, 0.2) is 65.2 Å². The third kappa shape index (κ3) is 7.58. The summed E-state index contributed by atoms with van der Waals surface area (Å²) < 4.78 is 33.4. The highest BCUT2D eigenvalue weighted by atomic mass is 32.2. The molecule has 3 heterocycles. The average Bonchev–Trinajstić information content (AvgIpc) is 3.51. The van der Waals surface area contributed by atoms with Crippen molar-refractivity contribution in [1.29, 1.82) is 0 Å². The minimum atomic E-state index is -3.16. The van der Waals surface area contributed by atoms with Crippen LogP contribution in [-0.2, 0) is 44.1 Å². The van der Waals surface area contributed by atoms with E-state index >= 15 is 0 Å². The third-order valence-corrected chi connectivity index (χ3v) is 13.9. The van der Waals surface area contributed by atoms with E-state index in [1.807, 2.05) is 29.8 Å². The number of carbonyl (C=O) groups excluding carboxylic acids is 2. The molecule has 0 radical (unpaired) electrons. The van der Waals surface area contributed by atoms with Crippen molar-refractivity contribution in [2.24, 2.45) is 16.2 Å². The molecule has 5 atom stereocenters. The first-order chi connectivity index (χ1) is 24.7. The molecule has 3 aromatic rings. The number of hydrogen-bond acceptors (Lipinski definition) is 7. The summed E-state index contributed by atoms with van der Waals surface area (Å²) in [6.07, 6.45) is 13.4. The van der Waals surface area contributed by atoms with Gasteiger partial charge in [0, 0.05) is 61.8 Å². The summed E-state index contributed by atoms with van der Waals surface area (Å²) in [6, 6.07) is 14.3. The molecule has 1 saturated carbocycles. The minimum absolute atomic E-state index is 0.00760. The maximum atomic E-state index is 14.4. The SMILES string of the molecule is CCn1nccc1CCC(=O)CS1(=O)=NC(=O)c2ccc3c(c2)N(C[C@@H]2CC[C@H]2[C@@H](OC)/C=C/CCC1)C[C@@]1(CCCc2cc(C)ccc21)CO3. The molecule has 1 aromatic heterocycles. The molecule has 4 aliphatic rings. The van der Waals surface area contributed by atoms with Crippen LogP contribution in [0.25, 0.3) is 0 Å². The maximum Gasteiger partial charge on any atom is 0.285 e. The highest BCUT2D eigenvalue weighted by Gasteiger charge is 2.44. The highest BCUT2D eigenvalue weighted by Crippen LogP contribution is 2.47. The number of allylic oxidation sites excluding steroid dienone is 1. The van der Waals surface area contributed by atoms with Crippen molar-refractivity contribution in [2.75, 3.05) is 43.2 Å². The first-order valence-corrected chi connectivity index (χ1v) is 20.6. The topological polar surface area (TPSA) is 103 Å².